The summed E-state index contributed by atoms with van der Waals surface area (Å²) in [7, 11) is 0. The Bertz CT molecular complexity index is 761. The maximum atomic E-state index is 12.3. The van der Waals surface area contributed by atoms with Gasteiger partial charge in [-0.15, -0.1) is 0 Å². The maximum absolute atomic E-state index is 12.3. The molecule has 0 fully saturated rings. The highest BCUT2D eigenvalue weighted by molar-refractivity contribution is 6.07. The second-order valence-electron chi connectivity index (χ2n) is 6.27. The first-order valence-corrected chi connectivity index (χ1v) is 8.50. The average molecular weight is 339 g/mol. The number of ether oxygens (including phenoxy) is 1. The van der Waals surface area contributed by atoms with Gasteiger partial charge in [0.05, 0.1) is 6.61 Å². The molecular weight excluding hydrogens is 314 g/mol. The van der Waals surface area contributed by atoms with Gasteiger partial charge in [-0.3, -0.25) is 4.79 Å². The molecule has 0 saturated carbocycles. The third-order valence-corrected chi connectivity index (χ3v) is 3.85. The Kier molecular flexibility index (Phi) is 6.23. The summed E-state index contributed by atoms with van der Waals surface area (Å²) in [5, 5.41) is 10.2. The monoisotopic (exact) mass is 339 g/mol. The molecule has 25 heavy (non-hydrogen) atoms. The molecule has 2 aromatic rings. The molecular formula is C21H25NO3. The Balaban J connectivity index is 2.33. The molecule has 4 nitrogen and oxygen atoms in total. The summed E-state index contributed by atoms with van der Waals surface area (Å²) in [5.41, 5.74) is 8.44. The number of phenolic OH excluding ortho intramolecular Hbond substituents is 1. The van der Waals surface area contributed by atoms with Gasteiger partial charge < -0.3 is 15.6 Å². The predicted molar refractivity (Wildman–Crippen MR) is 102 cm³/mol. The van der Waals surface area contributed by atoms with Crippen LogP contribution in [0, 0.1) is 0 Å². The van der Waals surface area contributed by atoms with Crippen LogP contribution in [0.3, 0.4) is 0 Å². The van der Waals surface area contributed by atoms with E-state index in [1.807, 2.05) is 26.8 Å². The van der Waals surface area contributed by atoms with Crippen molar-refractivity contribution < 1.29 is 14.6 Å². The fourth-order valence-corrected chi connectivity index (χ4v) is 2.44. The Labute approximate surface area is 148 Å². The number of anilines is 1. The van der Waals surface area contributed by atoms with Crippen molar-refractivity contribution in [2.45, 2.75) is 33.1 Å². The van der Waals surface area contributed by atoms with Gasteiger partial charge in [-0.05, 0) is 60.4 Å². The average Bonchev–Trinajstić information content (AvgIpc) is 2.58. The van der Waals surface area contributed by atoms with Gasteiger partial charge in [0.25, 0.3) is 0 Å². The van der Waals surface area contributed by atoms with Crippen molar-refractivity contribution >= 4 is 17.5 Å². The van der Waals surface area contributed by atoms with E-state index < -0.39 is 0 Å². The Morgan fingerprint density at radius 3 is 2.52 bits per heavy atom. The van der Waals surface area contributed by atoms with Gasteiger partial charge in [0.2, 0.25) is 0 Å². The molecule has 0 aliphatic rings. The Morgan fingerprint density at radius 1 is 1.24 bits per heavy atom. The van der Waals surface area contributed by atoms with Crippen LogP contribution >= 0.6 is 0 Å². The summed E-state index contributed by atoms with van der Waals surface area (Å²) < 4.78 is 5.72. The van der Waals surface area contributed by atoms with Gasteiger partial charge in [-0.2, -0.15) is 0 Å². The molecule has 0 heterocycles. The highest BCUT2D eigenvalue weighted by atomic mass is 16.5. The van der Waals surface area contributed by atoms with E-state index in [4.69, 9.17) is 10.5 Å². The van der Waals surface area contributed by atoms with Crippen LogP contribution < -0.4 is 10.5 Å². The van der Waals surface area contributed by atoms with Crippen LogP contribution in [0.1, 0.15) is 54.6 Å². The topological polar surface area (TPSA) is 72.5 Å². The first-order valence-electron chi connectivity index (χ1n) is 8.50. The van der Waals surface area contributed by atoms with E-state index in [9.17, 15) is 9.90 Å². The number of phenols is 1. The summed E-state index contributed by atoms with van der Waals surface area (Å²) in [4.78, 5) is 12.3. The van der Waals surface area contributed by atoms with Crippen molar-refractivity contribution in [3.8, 4) is 11.5 Å². The lowest BCUT2D eigenvalue weighted by molar-refractivity contribution is 0.104. The second kappa shape index (κ2) is 8.38. The minimum Gasteiger partial charge on any atom is -0.508 e. The van der Waals surface area contributed by atoms with Crippen LogP contribution in [0.4, 0.5) is 5.69 Å². The molecule has 0 radical (unpaired) electrons. The highest BCUT2D eigenvalue weighted by Gasteiger charge is 2.12. The number of benzene rings is 2. The number of hydrogen-bond donors (Lipinski definition) is 2. The molecule has 0 aromatic heterocycles. The van der Waals surface area contributed by atoms with E-state index in [1.165, 1.54) is 6.08 Å². The molecule has 0 amide bonds. The zero-order valence-corrected chi connectivity index (χ0v) is 15.0. The van der Waals surface area contributed by atoms with E-state index in [-0.39, 0.29) is 17.5 Å². The predicted octanol–water partition coefficient (Wildman–Crippen LogP) is 4.78. The summed E-state index contributed by atoms with van der Waals surface area (Å²) >= 11 is 0. The first kappa shape index (κ1) is 18.6. The fourth-order valence-electron chi connectivity index (χ4n) is 2.44. The van der Waals surface area contributed by atoms with E-state index in [1.54, 1.807) is 36.4 Å². The van der Waals surface area contributed by atoms with Crippen molar-refractivity contribution in [2.24, 2.45) is 0 Å². The van der Waals surface area contributed by atoms with Crippen LogP contribution in [0.5, 0.6) is 11.5 Å². The van der Waals surface area contributed by atoms with Crippen molar-refractivity contribution in [3.05, 3.63) is 59.2 Å². The number of hydrogen-bond acceptors (Lipinski definition) is 4. The molecule has 2 rings (SSSR count). The Morgan fingerprint density at radius 2 is 1.92 bits per heavy atom. The summed E-state index contributed by atoms with van der Waals surface area (Å²) in [5.74, 6) is 0.842. The number of nitrogen functional groups attached to an aromatic ring is 1. The van der Waals surface area contributed by atoms with Crippen LogP contribution in [-0.2, 0) is 0 Å². The number of rotatable bonds is 7. The highest BCUT2D eigenvalue weighted by Crippen LogP contribution is 2.33. The molecule has 3 N–H and O–H groups in total. The van der Waals surface area contributed by atoms with Crippen molar-refractivity contribution in [1.82, 2.24) is 0 Å². The maximum Gasteiger partial charge on any atom is 0.185 e. The van der Waals surface area contributed by atoms with Crippen LogP contribution in [0.2, 0.25) is 0 Å². The molecule has 0 spiro atoms. The van der Waals surface area contributed by atoms with E-state index >= 15 is 0 Å². The third-order valence-electron chi connectivity index (χ3n) is 3.85. The SMILES string of the molecule is CCCOc1cc(O)c(C(C)C)cc1/C=C/C(=O)c1ccc(N)cc1. The number of nitrogens with two attached hydrogens (primary N) is 1. The van der Waals surface area contributed by atoms with Gasteiger partial charge >= 0.3 is 0 Å². The third kappa shape index (κ3) is 4.86. The lowest BCUT2D eigenvalue weighted by Gasteiger charge is -2.14. The van der Waals surface area contributed by atoms with Crippen molar-refractivity contribution in [1.29, 1.82) is 0 Å². The number of carbonyl (C=O) groups is 1. The molecule has 0 unspecified atom stereocenters. The fraction of sp³-hybridized carbons (Fsp3) is 0.286. The molecule has 0 aliphatic carbocycles. The smallest absolute Gasteiger partial charge is 0.185 e. The molecule has 0 atom stereocenters. The zero-order chi connectivity index (χ0) is 18.4. The van der Waals surface area contributed by atoms with Gasteiger partial charge in [-0.25, -0.2) is 0 Å². The number of carbonyl (C=O) groups excluding carboxylic acids is 1. The van der Waals surface area contributed by atoms with E-state index in [0.717, 1.165) is 17.5 Å². The molecule has 0 aliphatic heterocycles. The van der Waals surface area contributed by atoms with Crippen molar-refractivity contribution in [2.75, 3.05) is 12.3 Å². The lowest BCUT2D eigenvalue weighted by Crippen LogP contribution is -2.00. The van der Waals surface area contributed by atoms with Crippen LogP contribution in [0.15, 0.2) is 42.5 Å². The zero-order valence-electron chi connectivity index (χ0n) is 15.0. The molecule has 4 heteroatoms. The molecule has 0 saturated heterocycles. The standard InChI is InChI=1S/C21H25NO3/c1-4-11-25-21-13-20(24)18(14(2)3)12-16(21)7-10-19(23)15-5-8-17(22)9-6-15/h5-10,12-14,24H,4,11,22H2,1-3H3/b10-7+. The van der Waals surface area contributed by atoms with Crippen LogP contribution in [-0.4, -0.2) is 17.5 Å². The molecule has 132 valence electrons. The number of allylic oxidation sites excluding steroid dienone is 1. The lowest BCUT2D eigenvalue weighted by atomic mass is 9.98. The van der Waals surface area contributed by atoms with Gasteiger partial charge in [0.1, 0.15) is 11.5 Å². The molecule has 2 aromatic carbocycles. The minimum atomic E-state index is -0.111. The van der Waals surface area contributed by atoms with Crippen molar-refractivity contribution in [3.63, 3.8) is 0 Å². The second-order valence-corrected chi connectivity index (χ2v) is 6.27. The molecule has 0 bridgehead atoms. The first-order chi connectivity index (χ1) is 11.9. The Hall–Kier alpha value is -2.75. The summed E-state index contributed by atoms with van der Waals surface area (Å²) in [6.45, 7) is 6.58. The van der Waals surface area contributed by atoms with E-state index in [0.29, 0.717) is 23.6 Å². The quantitative estimate of drug-likeness (QED) is 0.432. The van der Waals surface area contributed by atoms with Gasteiger partial charge in [0, 0.05) is 22.9 Å². The summed E-state index contributed by atoms with van der Waals surface area (Å²) in [6, 6.07) is 10.3. The van der Waals surface area contributed by atoms with Crippen LogP contribution in [0.25, 0.3) is 6.08 Å². The largest absolute Gasteiger partial charge is 0.508 e. The number of ketones is 1. The van der Waals surface area contributed by atoms with Gasteiger partial charge in [-0.1, -0.05) is 20.8 Å². The van der Waals surface area contributed by atoms with E-state index in [2.05, 4.69) is 0 Å². The normalized spacial score (nSPS) is 11.2. The minimum absolute atomic E-state index is 0.111. The van der Waals surface area contributed by atoms with Gasteiger partial charge in [0.15, 0.2) is 5.78 Å². The number of aromatic hydroxyl groups is 1. The summed E-state index contributed by atoms with van der Waals surface area (Å²) in [6.07, 6.45) is 4.11.